The normalized spacial score (nSPS) is 15.1. The van der Waals surface area contributed by atoms with Crippen molar-refractivity contribution in [2.75, 3.05) is 6.61 Å². The van der Waals surface area contributed by atoms with Crippen LogP contribution in [0.4, 0.5) is 0 Å². The molecule has 19 heavy (non-hydrogen) atoms. The lowest BCUT2D eigenvalue weighted by molar-refractivity contribution is -0.138. The van der Waals surface area contributed by atoms with Crippen molar-refractivity contribution in [1.82, 2.24) is 4.90 Å². The van der Waals surface area contributed by atoms with E-state index in [2.05, 4.69) is 23.6 Å². The molecule has 0 radical (unpaired) electrons. The van der Waals surface area contributed by atoms with Crippen LogP contribution >= 0.6 is 0 Å². The predicted molar refractivity (Wildman–Crippen MR) is 75.1 cm³/mol. The van der Waals surface area contributed by atoms with E-state index in [0.29, 0.717) is 13.0 Å². The number of nitrogens with zero attached hydrogens (tertiary/aromatic N) is 1. The van der Waals surface area contributed by atoms with Crippen LogP contribution in [0.1, 0.15) is 25.8 Å². The molecule has 0 atom stereocenters. The second-order valence-electron chi connectivity index (χ2n) is 4.60. The molecule has 3 nitrogen and oxygen atoms in total. The molecule has 0 aliphatic carbocycles. The summed E-state index contributed by atoms with van der Waals surface area (Å²) < 4.78 is 5.08. The molecule has 0 saturated carbocycles. The van der Waals surface area contributed by atoms with E-state index in [-0.39, 0.29) is 5.97 Å². The van der Waals surface area contributed by atoms with Gasteiger partial charge in [-0.15, -0.1) is 0 Å². The first kappa shape index (κ1) is 13.4. The molecule has 1 heterocycles. The van der Waals surface area contributed by atoms with Gasteiger partial charge in [-0.2, -0.15) is 0 Å². The molecule has 0 aromatic heterocycles. The summed E-state index contributed by atoms with van der Waals surface area (Å²) in [6.07, 6.45) is 0.581. The third-order valence-electron chi connectivity index (χ3n) is 3.31. The molecule has 0 unspecified atom stereocenters. The average molecular weight is 257 g/mol. The minimum absolute atomic E-state index is 0.225. The van der Waals surface area contributed by atoms with Crippen molar-refractivity contribution < 1.29 is 9.53 Å². The van der Waals surface area contributed by atoms with Gasteiger partial charge in [0, 0.05) is 24.4 Å². The van der Waals surface area contributed by atoms with E-state index in [1.807, 2.05) is 32.0 Å². The Labute approximate surface area is 114 Å². The van der Waals surface area contributed by atoms with E-state index in [9.17, 15) is 4.79 Å². The lowest BCUT2D eigenvalue weighted by atomic mass is 10.2. The minimum Gasteiger partial charge on any atom is -0.463 e. The van der Waals surface area contributed by atoms with Crippen LogP contribution < -0.4 is 0 Å². The summed E-state index contributed by atoms with van der Waals surface area (Å²) in [4.78, 5) is 13.9. The Balaban J connectivity index is 2.17. The van der Waals surface area contributed by atoms with Crippen molar-refractivity contribution in [3.8, 4) is 0 Å². The van der Waals surface area contributed by atoms with Crippen LogP contribution in [0.25, 0.3) is 0 Å². The van der Waals surface area contributed by atoms with Crippen molar-refractivity contribution in [1.29, 1.82) is 0 Å². The fraction of sp³-hybridized carbons (Fsp3) is 0.312. The van der Waals surface area contributed by atoms with E-state index < -0.39 is 0 Å². The quantitative estimate of drug-likeness (QED) is 0.775. The lowest BCUT2D eigenvalue weighted by Gasteiger charge is -2.21. The topological polar surface area (TPSA) is 29.5 Å². The van der Waals surface area contributed by atoms with Gasteiger partial charge in [-0.3, -0.25) is 0 Å². The highest BCUT2D eigenvalue weighted by molar-refractivity contribution is 5.90. The summed E-state index contributed by atoms with van der Waals surface area (Å²) in [5, 5.41) is 0. The smallest absolute Gasteiger partial charge is 0.336 e. The molecular formula is C16H19NO2. The van der Waals surface area contributed by atoms with Crippen LogP contribution in [0.5, 0.6) is 0 Å². The highest BCUT2D eigenvalue weighted by atomic mass is 16.5. The van der Waals surface area contributed by atoms with Crippen molar-refractivity contribution >= 4 is 5.97 Å². The second-order valence-corrected chi connectivity index (χ2v) is 4.60. The Morgan fingerprint density at radius 3 is 2.68 bits per heavy atom. The Morgan fingerprint density at radius 2 is 2.05 bits per heavy atom. The summed E-state index contributed by atoms with van der Waals surface area (Å²) in [5.74, 6) is -0.225. The molecule has 0 saturated heterocycles. The molecule has 1 aliphatic rings. The number of rotatable bonds is 4. The lowest BCUT2D eigenvalue weighted by Crippen LogP contribution is -2.16. The maximum atomic E-state index is 11.9. The molecule has 0 spiro atoms. The highest BCUT2D eigenvalue weighted by Crippen LogP contribution is 2.32. The zero-order chi connectivity index (χ0) is 13.8. The van der Waals surface area contributed by atoms with Gasteiger partial charge in [-0.1, -0.05) is 36.9 Å². The van der Waals surface area contributed by atoms with E-state index in [4.69, 9.17) is 4.74 Å². The third-order valence-corrected chi connectivity index (χ3v) is 3.31. The summed E-state index contributed by atoms with van der Waals surface area (Å²) in [6.45, 7) is 8.97. The summed E-state index contributed by atoms with van der Waals surface area (Å²) in [6, 6.07) is 10.2. The number of carbonyl (C=O) groups excluding carboxylic acids is 1. The first-order valence-corrected chi connectivity index (χ1v) is 6.49. The second kappa shape index (κ2) is 5.74. The van der Waals surface area contributed by atoms with E-state index in [1.165, 1.54) is 5.56 Å². The Kier molecular flexibility index (Phi) is 4.05. The number of hydrogen-bond donors (Lipinski definition) is 0. The largest absolute Gasteiger partial charge is 0.463 e. The molecular weight excluding hydrogens is 238 g/mol. The van der Waals surface area contributed by atoms with Gasteiger partial charge in [0.1, 0.15) is 0 Å². The van der Waals surface area contributed by atoms with Gasteiger partial charge in [0.05, 0.1) is 12.2 Å². The van der Waals surface area contributed by atoms with E-state index in [0.717, 1.165) is 23.5 Å². The van der Waals surface area contributed by atoms with Crippen molar-refractivity contribution in [3.63, 3.8) is 0 Å². The number of allylic oxidation sites excluding steroid dienone is 2. The van der Waals surface area contributed by atoms with Gasteiger partial charge in [0.2, 0.25) is 0 Å². The fourth-order valence-corrected chi connectivity index (χ4v) is 2.26. The van der Waals surface area contributed by atoms with Gasteiger partial charge < -0.3 is 9.64 Å². The van der Waals surface area contributed by atoms with Crippen molar-refractivity contribution in [2.45, 2.75) is 26.8 Å². The van der Waals surface area contributed by atoms with Gasteiger partial charge in [-0.05, 0) is 19.4 Å². The first-order chi connectivity index (χ1) is 9.13. The Morgan fingerprint density at radius 1 is 1.37 bits per heavy atom. The van der Waals surface area contributed by atoms with Gasteiger partial charge >= 0.3 is 5.97 Å². The Hall–Kier alpha value is -2.03. The molecule has 0 bridgehead atoms. The average Bonchev–Trinajstić information content (AvgIpc) is 2.68. The summed E-state index contributed by atoms with van der Waals surface area (Å²) in [5.41, 5.74) is 3.83. The number of hydrogen-bond acceptors (Lipinski definition) is 3. The molecule has 1 aliphatic heterocycles. The zero-order valence-corrected chi connectivity index (χ0v) is 11.5. The minimum atomic E-state index is -0.225. The summed E-state index contributed by atoms with van der Waals surface area (Å²) >= 11 is 0. The SMILES string of the molecule is C=C1CC(C(=O)OCC)=C(C)N1Cc1ccccc1. The van der Waals surface area contributed by atoms with Crippen molar-refractivity contribution in [2.24, 2.45) is 0 Å². The molecule has 1 aromatic rings. The standard InChI is InChI=1S/C16H19NO2/c1-4-19-16(18)15-10-12(2)17(13(15)3)11-14-8-6-5-7-9-14/h5-9H,2,4,10-11H2,1,3H3. The highest BCUT2D eigenvalue weighted by Gasteiger charge is 2.27. The van der Waals surface area contributed by atoms with Gasteiger partial charge in [-0.25, -0.2) is 4.79 Å². The molecule has 100 valence electrons. The van der Waals surface area contributed by atoms with E-state index in [1.54, 1.807) is 0 Å². The van der Waals surface area contributed by atoms with Gasteiger partial charge in [0.15, 0.2) is 0 Å². The third kappa shape index (κ3) is 2.87. The van der Waals surface area contributed by atoms with Crippen LogP contribution in [-0.2, 0) is 16.1 Å². The first-order valence-electron chi connectivity index (χ1n) is 6.49. The maximum Gasteiger partial charge on any atom is 0.336 e. The molecule has 0 N–H and O–H groups in total. The molecule has 2 rings (SSSR count). The van der Waals surface area contributed by atoms with Crippen molar-refractivity contribution in [3.05, 3.63) is 59.4 Å². The number of esters is 1. The molecule has 0 fully saturated rings. The predicted octanol–water partition coefficient (Wildman–Crippen LogP) is 3.24. The van der Waals surface area contributed by atoms with Crippen LogP contribution in [-0.4, -0.2) is 17.5 Å². The maximum absolute atomic E-state index is 11.9. The zero-order valence-electron chi connectivity index (χ0n) is 11.5. The van der Waals surface area contributed by atoms with E-state index >= 15 is 0 Å². The fourth-order valence-electron chi connectivity index (χ4n) is 2.26. The van der Waals surface area contributed by atoms with Gasteiger partial charge in [0.25, 0.3) is 0 Å². The molecule has 3 heteroatoms. The number of benzene rings is 1. The number of carbonyl (C=O) groups is 1. The monoisotopic (exact) mass is 257 g/mol. The molecule has 0 amide bonds. The van der Waals surface area contributed by atoms with Crippen LogP contribution in [0.3, 0.4) is 0 Å². The Bertz CT molecular complexity index is 517. The molecule has 1 aromatic carbocycles. The van der Waals surface area contributed by atoms with Crippen LogP contribution in [0.15, 0.2) is 53.9 Å². The number of ether oxygens (including phenoxy) is 1. The van der Waals surface area contributed by atoms with Crippen LogP contribution in [0.2, 0.25) is 0 Å². The summed E-state index contributed by atoms with van der Waals surface area (Å²) in [7, 11) is 0. The van der Waals surface area contributed by atoms with Crippen LogP contribution in [0, 0.1) is 0 Å².